The second-order valence-corrected chi connectivity index (χ2v) is 6.54. The molecule has 0 saturated heterocycles. The van der Waals surface area contributed by atoms with Crippen LogP contribution in [0.2, 0.25) is 5.02 Å². The first-order chi connectivity index (χ1) is 11.6. The number of nitrogens with zero attached hydrogens (tertiary/aromatic N) is 1. The topological polar surface area (TPSA) is 80.7 Å². The quantitative estimate of drug-likeness (QED) is 0.726. The van der Waals surface area contributed by atoms with Gasteiger partial charge in [0.1, 0.15) is 19.0 Å². The molecule has 2 N–H and O–H groups in total. The van der Waals surface area contributed by atoms with E-state index in [-0.39, 0.29) is 16.7 Å². The van der Waals surface area contributed by atoms with E-state index in [9.17, 15) is 9.90 Å². The van der Waals surface area contributed by atoms with Crippen molar-refractivity contribution in [3.8, 4) is 17.2 Å². The summed E-state index contributed by atoms with van der Waals surface area (Å²) in [4.78, 5) is 16.7. The van der Waals surface area contributed by atoms with E-state index >= 15 is 0 Å². The van der Waals surface area contributed by atoms with Gasteiger partial charge in [-0.1, -0.05) is 22.9 Å². The van der Waals surface area contributed by atoms with Crippen molar-refractivity contribution in [2.75, 3.05) is 18.5 Å². The zero-order valence-electron chi connectivity index (χ0n) is 12.2. The number of nitrogens with one attached hydrogen (secondary N) is 1. The average Bonchev–Trinajstić information content (AvgIpc) is 2.96. The summed E-state index contributed by atoms with van der Waals surface area (Å²) in [6.07, 6.45) is 0. The molecule has 1 aromatic heterocycles. The Kier molecular flexibility index (Phi) is 3.66. The number of halogens is 1. The third-order valence-electron chi connectivity index (χ3n) is 3.48. The Balaban J connectivity index is 1.62. The molecule has 1 aliphatic heterocycles. The van der Waals surface area contributed by atoms with Crippen molar-refractivity contribution in [1.82, 2.24) is 4.98 Å². The van der Waals surface area contributed by atoms with E-state index < -0.39 is 0 Å². The van der Waals surface area contributed by atoms with Crippen molar-refractivity contribution in [3.05, 3.63) is 40.9 Å². The van der Waals surface area contributed by atoms with Gasteiger partial charge in [0.2, 0.25) is 0 Å². The Hall–Kier alpha value is -2.51. The Morgan fingerprint density at radius 1 is 1.21 bits per heavy atom. The number of carbonyl (C=O) groups excluding carboxylic acids is 1. The standard InChI is InChI=1S/C16H11ClN2O4S/c17-9-5-8(1-2-11(9)20)15(21)19-16-18-10-6-12-13(7-14(10)24-16)23-4-3-22-12/h1-2,5-7,20H,3-4H2,(H,18,19,21). The molecule has 0 atom stereocenters. The van der Waals surface area contributed by atoms with Gasteiger partial charge in [-0.2, -0.15) is 0 Å². The number of ether oxygens (including phenoxy) is 2. The van der Waals surface area contributed by atoms with E-state index in [1.807, 2.05) is 6.07 Å². The molecule has 3 aromatic rings. The van der Waals surface area contributed by atoms with Gasteiger partial charge in [0.15, 0.2) is 16.6 Å². The van der Waals surface area contributed by atoms with Crippen LogP contribution in [0.3, 0.4) is 0 Å². The van der Waals surface area contributed by atoms with Gasteiger partial charge in [0.05, 0.1) is 15.2 Å². The van der Waals surface area contributed by atoms with Crippen LogP contribution >= 0.6 is 22.9 Å². The summed E-state index contributed by atoms with van der Waals surface area (Å²) in [5.74, 6) is 0.912. The van der Waals surface area contributed by atoms with Gasteiger partial charge < -0.3 is 14.6 Å². The molecule has 0 aliphatic carbocycles. The van der Waals surface area contributed by atoms with Crippen molar-refractivity contribution < 1.29 is 19.4 Å². The molecule has 4 rings (SSSR count). The van der Waals surface area contributed by atoms with Gasteiger partial charge in [0, 0.05) is 17.7 Å². The van der Waals surface area contributed by atoms with Crippen LogP contribution in [0.5, 0.6) is 17.2 Å². The monoisotopic (exact) mass is 362 g/mol. The summed E-state index contributed by atoms with van der Waals surface area (Å²) in [6, 6.07) is 7.92. The zero-order valence-corrected chi connectivity index (χ0v) is 13.8. The molecular formula is C16H11ClN2O4S. The molecule has 0 fully saturated rings. The number of rotatable bonds is 2. The molecule has 8 heteroatoms. The van der Waals surface area contributed by atoms with Crippen LogP contribution < -0.4 is 14.8 Å². The Morgan fingerprint density at radius 2 is 1.96 bits per heavy atom. The van der Waals surface area contributed by atoms with Crippen molar-refractivity contribution in [3.63, 3.8) is 0 Å². The molecule has 0 spiro atoms. The Bertz CT molecular complexity index is 914. The first-order valence-electron chi connectivity index (χ1n) is 7.10. The highest BCUT2D eigenvalue weighted by molar-refractivity contribution is 7.22. The number of carbonyl (C=O) groups is 1. The highest BCUT2D eigenvalue weighted by Gasteiger charge is 2.16. The molecule has 0 bridgehead atoms. The van der Waals surface area contributed by atoms with Crippen LogP contribution in [0.25, 0.3) is 10.2 Å². The molecule has 24 heavy (non-hydrogen) atoms. The first-order valence-corrected chi connectivity index (χ1v) is 8.29. The normalized spacial score (nSPS) is 13.0. The van der Waals surface area contributed by atoms with E-state index in [0.29, 0.717) is 35.4 Å². The lowest BCUT2D eigenvalue weighted by atomic mass is 10.2. The maximum Gasteiger partial charge on any atom is 0.257 e. The number of amides is 1. The van der Waals surface area contributed by atoms with E-state index in [1.165, 1.54) is 29.5 Å². The lowest BCUT2D eigenvalue weighted by molar-refractivity contribution is 0.102. The maximum atomic E-state index is 12.3. The van der Waals surface area contributed by atoms with Crippen LogP contribution in [0.15, 0.2) is 30.3 Å². The molecule has 0 unspecified atom stereocenters. The van der Waals surface area contributed by atoms with Gasteiger partial charge in [-0.05, 0) is 18.2 Å². The fourth-order valence-corrected chi connectivity index (χ4v) is 3.39. The van der Waals surface area contributed by atoms with E-state index in [4.69, 9.17) is 21.1 Å². The fourth-order valence-electron chi connectivity index (χ4n) is 2.34. The number of benzene rings is 2. The molecule has 1 amide bonds. The maximum absolute atomic E-state index is 12.3. The number of phenolic OH excluding ortho intramolecular Hbond substituents is 1. The van der Waals surface area contributed by atoms with Crippen LogP contribution in [0.1, 0.15) is 10.4 Å². The summed E-state index contributed by atoms with van der Waals surface area (Å²) in [6.45, 7) is 1.02. The number of phenols is 1. The van der Waals surface area contributed by atoms with Gasteiger partial charge in [-0.3, -0.25) is 10.1 Å². The van der Waals surface area contributed by atoms with Crippen molar-refractivity contribution in [2.24, 2.45) is 0 Å². The third-order valence-corrected chi connectivity index (χ3v) is 4.72. The number of fused-ring (bicyclic) bond motifs is 2. The second kappa shape index (κ2) is 5.85. The number of thiazole rings is 1. The third kappa shape index (κ3) is 2.72. The summed E-state index contributed by atoms with van der Waals surface area (Å²) < 4.78 is 12.0. The highest BCUT2D eigenvalue weighted by Crippen LogP contribution is 2.38. The molecule has 6 nitrogen and oxygen atoms in total. The minimum Gasteiger partial charge on any atom is -0.506 e. The highest BCUT2D eigenvalue weighted by atomic mass is 35.5. The average molecular weight is 363 g/mol. The second-order valence-electron chi connectivity index (χ2n) is 5.10. The van der Waals surface area contributed by atoms with E-state index in [0.717, 1.165) is 10.2 Å². The predicted molar refractivity (Wildman–Crippen MR) is 91.7 cm³/mol. The van der Waals surface area contributed by atoms with Gasteiger partial charge in [-0.15, -0.1) is 0 Å². The lowest BCUT2D eigenvalue weighted by Gasteiger charge is -2.17. The number of anilines is 1. The molecule has 1 aliphatic rings. The lowest BCUT2D eigenvalue weighted by Crippen LogP contribution is -2.15. The Morgan fingerprint density at radius 3 is 2.71 bits per heavy atom. The zero-order chi connectivity index (χ0) is 16.7. The molecule has 122 valence electrons. The fraction of sp³-hybridized carbons (Fsp3) is 0.125. The minimum atomic E-state index is -0.354. The summed E-state index contributed by atoms with van der Waals surface area (Å²) >= 11 is 7.17. The van der Waals surface area contributed by atoms with Crippen LogP contribution in [-0.2, 0) is 0 Å². The molecule has 2 aromatic carbocycles. The van der Waals surface area contributed by atoms with Crippen LogP contribution in [0.4, 0.5) is 5.13 Å². The smallest absolute Gasteiger partial charge is 0.257 e. The van der Waals surface area contributed by atoms with Crippen LogP contribution in [-0.4, -0.2) is 29.2 Å². The van der Waals surface area contributed by atoms with Crippen LogP contribution in [0, 0.1) is 0 Å². The summed E-state index contributed by atoms with van der Waals surface area (Å²) in [5, 5.41) is 12.7. The molecule has 0 radical (unpaired) electrons. The number of aromatic nitrogens is 1. The largest absolute Gasteiger partial charge is 0.506 e. The molecule has 0 saturated carbocycles. The summed E-state index contributed by atoms with van der Waals surface area (Å²) in [5.41, 5.74) is 1.06. The number of aromatic hydroxyl groups is 1. The van der Waals surface area contributed by atoms with E-state index in [1.54, 1.807) is 6.07 Å². The van der Waals surface area contributed by atoms with Gasteiger partial charge in [-0.25, -0.2) is 4.98 Å². The number of hydrogen-bond acceptors (Lipinski definition) is 6. The van der Waals surface area contributed by atoms with Crippen molar-refractivity contribution in [2.45, 2.75) is 0 Å². The summed E-state index contributed by atoms with van der Waals surface area (Å²) in [7, 11) is 0. The molecular weight excluding hydrogens is 352 g/mol. The van der Waals surface area contributed by atoms with Crippen molar-refractivity contribution in [1.29, 1.82) is 0 Å². The van der Waals surface area contributed by atoms with Crippen molar-refractivity contribution >= 4 is 44.2 Å². The van der Waals surface area contributed by atoms with Gasteiger partial charge >= 0.3 is 0 Å². The van der Waals surface area contributed by atoms with E-state index in [2.05, 4.69) is 10.3 Å². The Labute approximate surface area is 145 Å². The number of hydrogen-bond donors (Lipinski definition) is 2. The SMILES string of the molecule is O=C(Nc1nc2cc3c(cc2s1)OCCO3)c1ccc(O)c(Cl)c1. The minimum absolute atomic E-state index is 0.0706. The predicted octanol–water partition coefficient (Wildman–Crippen LogP) is 3.68. The molecule has 2 heterocycles. The van der Waals surface area contributed by atoms with Gasteiger partial charge in [0.25, 0.3) is 5.91 Å². The first kappa shape index (κ1) is 15.0.